The molecule has 5 heteroatoms. The largest absolute Gasteiger partial charge is 0.396 e. The summed E-state index contributed by atoms with van der Waals surface area (Å²) >= 11 is 0. The second-order valence-electron chi connectivity index (χ2n) is 4.20. The van der Waals surface area contributed by atoms with Gasteiger partial charge in [0.15, 0.2) is 0 Å². The van der Waals surface area contributed by atoms with E-state index in [2.05, 4.69) is 24.1 Å². The molecule has 0 aliphatic rings. The van der Waals surface area contributed by atoms with Crippen LogP contribution in [-0.2, 0) is 0 Å². The number of aliphatic hydroxyl groups is 1. The van der Waals surface area contributed by atoms with Crippen molar-refractivity contribution in [3.05, 3.63) is 12.1 Å². The van der Waals surface area contributed by atoms with E-state index in [4.69, 9.17) is 11.5 Å². The van der Waals surface area contributed by atoms with Gasteiger partial charge in [0, 0.05) is 6.54 Å². The Morgan fingerprint density at radius 2 is 1.94 bits per heavy atom. The minimum atomic E-state index is -0.370. The lowest BCUT2D eigenvalue weighted by Gasteiger charge is -2.20. The van der Waals surface area contributed by atoms with Gasteiger partial charge in [-0.25, -0.2) is 4.98 Å². The minimum absolute atomic E-state index is 0.312. The number of aromatic nitrogens is 1. The fourth-order valence-corrected chi connectivity index (χ4v) is 1.79. The first-order valence-corrected chi connectivity index (χ1v) is 6.02. The van der Waals surface area contributed by atoms with E-state index >= 15 is 0 Å². The van der Waals surface area contributed by atoms with E-state index in [1.807, 2.05) is 0 Å². The molecule has 0 bridgehead atoms. The Bertz CT molecular complexity index is 352. The summed E-state index contributed by atoms with van der Waals surface area (Å²) in [5, 5.41) is 13.0. The lowest BCUT2D eigenvalue weighted by molar-refractivity contribution is 0.114. The normalized spacial score (nSPS) is 12.7. The standard InChI is InChI=1S/C12H22N4O/c1-3-8(4-2)10(17)7-15-11-6-5-9(13)12(14)16-11/h5-6,8,10,17H,3-4,7,13H2,1-2H3,(H3,14,15,16). The average Bonchev–Trinajstić information content (AvgIpc) is 2.32. The quantitative estimate of drug-likeness (QED) is 0.601. The molecule has 6 N–H and O–H groups in total. The van der Waals surface area contributed by atoms with E-state index in [-0.39, 0.29) is 6.10 Å². The van der Waals surface area contributed by atoms with Gasteiger partial charge in [0.05, 0.1) is 11.8 Å². The summed E-state index contributed by atoms with van der Waals surface area (Å²) in [6.07, 6.45) is 1.57. The van der Waals surface area contributed by atoms with Gasteiger partial charge in [0.1, 0.15) is 11.6 Å². The van der Waals surface area contributed by atoms with Crippen LogP contribution in [0, 0.1) is 5.92 Å². The van der Waals surface area contributed by atoms with E-state index in [0.29, 0.717) is 29.8 Å². The Morgan fingerprint density at radius 3 is 2.47 bits per heavy atom. The van der Waals surface area contributed by atoms with Crippen LogP contribution < -0.4 is 16.8 Å². The molecule has 1 unspecified atom stereocenters. The monoisotopic (exact) mass is 238 g/mol. The zero-order chi connectivity index (χ0) is 12.8. The van der Waals surface area contributed by atoms with Crippen molar-refractivity contribution in [1.29, 1.82) is 0 Å². The van der Waals surface area contributed by atoms with E-state index < -0.39 is 0 Å². The zero-order valence-electron chi connectivity index (χ0n) is 10.5. The summed E-state index contributed by atoms with van der Waals surface area (Å²) < 4.78 is 0. The molecule has 0 radical (unpaired) electrons. The van der Waals surface area contributed by atoms with Crippen molar-refractivity contribution < 1.29 is 5.11 Å². The number of anilines is 3. The molecule has 0 saturated heterocycles. The van der Waals surface area contributed by atoms with Gasteiger partial charge >= 0.3 is 0 Å². The molecule has 1 aromatic rings. The highest BCUT2D eigenvalue weighted by atomic mass is 16.3. The van der Waals surface area contributed by atoms with Crippen LogP contribution in [0.4, 0.5) is 17.3 Å². The van der Waals surface area contributed by atoms with Crippen molar-refractivity contribution in [2.45, 2.75) is 32.8 Å². The Hall–Kier alpha value is -1.49. The zero-order valence-corrected chi connectivity index (χ0v) is 10.5. The number of aliphatic hydroxyl groups excluding tert-OH is 1. The van der Waals surface area contributed by atoms with Gasteiger partial charge in [-0.15, -0.1) is 0 Å². The van der Waals surface area contributed by atoms with Crippen LogP contribution in [0.1, 0.15) is 26.7 Å². The highest BCUT2D eigenvalue weighted by Crippen LogP contribution is 2.16. The van der Waals surface area contributed by atoms with Gasteiger partial charge in [0.2, 0.25) is 0 Å². The molecular formula is C12H22N4O. The molecule has 0 spiro atoms. The molecule has 1 atom stereocenters. The number of nitrogen functional groups attached to an aromatic ring is 2. The Kier molecular flexibility index (Phi) is 5.03. The number of hydrogen-bond donors (Lipinski definition) is 4. The second-order valence-corrected chi connectivity index (χ2v) is 4.20. The first-order valence-electron chi connectivity index (χ1n) is 6.02. The fraction of sp³-hybridized carbons (Fsp3) is 0.583. The maximum absolute atomic E-state index is 9.95. The summed E-state index contributed by atoms with van der Waals surface area (Å²) in [5.74, 6) is 1.27. The van der Waals surface area contributed by atoms with Crippen molar-refractivity contribution in [2.24, 2.45) is 5.92 Å². The van der Waals surface area contributed by atoms with E-state index in [9.17, 15) is 5.11 Å². The van der Waals surface area contributed by atoms with E-state index in [1.54, 1.807) is 12.1 Å². The van der Waals surface area contributed by atoms with Crippen LogP contribution >= 0.6 is 0 Å². The van der Waals surface area contributed by atoms with Gasteiger partial charge in [-0.2, -0.15) is 0 Å². The lowest BCUT2D eigenvalue weighted by atomic mass is 9.97. The van der Waals surface area contributed by atoms with Crippen molar-refractivity contribution in [1.82, 2.24) is 4.98 Å². The van der Waals surface area contributed by atoms with Gasteiger partial charge in [-0.05, 0) is 18.1 Å². The number of hydrogen-bond acceptors (Lipinski definition) is 5. The molecule has 96 valence electrons. The van der Waals surface area contributed by atoms with Gasteiger partial charge in [0.25, 0.3) is 0 Å². The molecule has 1 heterocycles. The smallest absolute Gasteiger partial charge is 0.149 e. The molecule has 1 rings (SSSR count). The first-order chi connectivity index (χ1) is 8.08. The molecule has 5 nitrogen and oxygen atoms in total. The summed E-state index contributed by atoms with van der Waals surface area (Å²) in [6.45, 7) is 4.64. The predicted octanol–water partition coefficient (Wildman–Crippen LogP) is 1.45. The van der Waals surface area contributed by atoms with Gasteiger partial charge < -0.3 is 21.9 Å². The molecule has 0 aliphatic carbocycles. The van der Waals surface area contributed by atoms with Crippen LogP contribution in [-0.4, -0.2) is 22.7 Å². The second kappa shape index (κ2) is 6.30. The maximum atomic E-state index is 9.95. The van der Waals surface area contributed by atoms with E-state index in [0.717, 1.165) is 12.8 Å². The van der Waals surface area contributed by atoms with Gasteiger partial charge in [-0.3, -0.25) is 0 Å². The molecule has 0 saturated carbocycles. The van der Waals surface area contributed by atoms with Crippen LogP contribution in [0.5, 0.6) is 0 Å². The predicted molar refractivity (Wildman–Crippen MR) is 71.6 cm³/mol. The summed E-state index contributed by atoms with van der Waals surface area (Å²) in [6, 6.07) is 3.46. The highest BCUT2D eigenvalue weighted by molar-refractivity contribution is 5.61. The van der Waals surface area contributed by atoms with E-state index in [1.165, 1.54) is 0 Å². The number of nitrogens with one attached hydrogen (secondary N) is 1. The molecule has 0 fully saturated rings. The number of nitrogens with zero attached hydrogens (tertiary/aromatic N) is 1. The third-order valence-electron chi connectivity index (χ3n) is 3.04. The van der Waals surface area contributed by atoms with Crippen LogP contribution in [0.15, 0.2) is 12.1 Å². The molecular weight excluding hydrogens is 216 g/mol. The van der Waals surface area contributed by atoms with Crippen molar-refractivity contribution >= 4 is 17.3 Å². The third kappa shape index (κ3) is 3.78. The number of pyridine rings is 1. The molecule has 0 amide bonds. The summed E-state index contributed by atoms with van der Waals surface area (Å²) in [4.78, 5) is 4.09. The number of rotatable bonds is 6. The summed E-state index contributed by atoms with van der Waals surface area (Å²) in [5.41, 5.74) is 11.6. The van der Waals surface area contributed by atoms with Crippen molar-refractivity contribution in [3.63, 3.8) is 0 Å². The lowest BCUT2D eigenvalue weighted by Crippen LogP contribution is -2.28. The molecule has 1 aromatic heterocycles. The highest BCUT2D eigenvalue weighted by Gasteiger charge is 2.15. The Morgan fingerprint density at radius 1 is 1.29 bits per heavy atom. The Labute approximate surface area is 102 Å². The minimum Gasteiger partial charge on any atom is -0.396 e. The van der Waals surface area contributed by atoms with Gasteiger partial charge in [-0.1, -0.05) is 26.7 Å². The SMILES string of the molecule is CCC(CC)C(O)CNc1ccc(N)c(N)n1. The maximum Gasteiger partial charge on any atom is 0.149 e. The fourth-order valence-electron chi connectivity index (χ4n) is 1.79. The van der Waals surface area contributed by atoms with Crippen molar-refractivity contribution in [2.75, 3.05) is 23.3 Å². The summed E-state index contributed by atoms with van der Waals surface area (Å²) in [7, 11) is 0. The first kappa shape index (κ1) is 13.6. The van der Waals surface area contributed by atoms with Crippen molar-refractivity contribution in [3.8, 4) is 0 Å². The van der Waals surface area contributed by atoms with Crippen LogP contribution in [0.3, 0.4) is 0 Å². The Balaban J connectivity index is 2.52. The topological polar surface area (TPSA) is 97.2 Å². The molecule has 17 heavy (non-hydrogen) atoms. The number of nitrogens with two attached hydrogens (primary N) is 2. The third-order valence-corrected chi connectivity index (χ3v) is 3.04. The average molecular weight is 238 g/mol. The molecule has 0 aromatic carbocycles. The van der Waals surface area contributed by atoms with Crippen LogP contribution in [0.2, 0.25) is 0 Å². The molecule has 0 aliphatic heterocycles. The van der Waals surface area contributed by atoms with Crippen LogP contribution in [0.25, 0.3) is 0 Å².